The van der Waals surface area contributed by atoms with Crippen molar-refractivity contribution >= 4 is 56.8 Å². The summed E-state index contributed by atoms with van der Waals surface area (Å²) in [5.74, 6) is -0.799. The van der Waals surface area contributed by atoms with Gasteiger partial charge in [-0.05, 0) is 139 Å². The average Bonchev–Trinajstić information content (AvgIpc) is 3.91. The molecule has 342 valence electrons. The minimum absolute atomic E-state index is 0.118. The summed E-state index contributed by atoms with van der Waals surface area (Å²) in [7, 11) is -3.82. The third-order valence-corrected chi connectivity index (χ3v) is 16.4. The minimum atomic E-state index is -3.82. The standard InChI is InChI=1S/C51H52FN5O7S2/c1-31-13-18-37(19-14-31)66(63,64)57-24-23-39-44(30-58)54-43-20-17-35(28-40(43)49(39)57)34-8-2-9-36(27-34)53-47(59)12-3-7-33-16-15-32(26-42(33)52)6-5-25-65-46-11-4-10-38-41(46)29-56(51(38)62)45-21-22-48(60)55-50(45)61/h2,4,8-11,13-20,26-28,39,44-45,49,54,58H,3,5-7,12,21-25,29-30H2,1H3,(H,53,59)(H,55,60,61)/t39-,44+,45?,49-/m1/s1. The highest BCUT2D eigenvalue weighted by Gasteiger charge is 2.48. The lowest BCUT2D eigenvalue weighted by Crippen LogP contribution is -2.52. The molecule has 4 aliphatic heterocycles. The van der Waals surface area contributed by atoms with Crippen molar-refractivity contribution < 1.29 is 37.1 Å². The van der Waals surface area contributed by atoms with Gasteiger partial charge in [0.25, 0.3) is 5.91 Å². The summed E-state index contributed by atoms with van der Waals surface area (Å²) in [4.78, 5) is 53.2. The Hall–Kier alpha value is -5.87. The van der Waals surface area contributed by atoms with Crippen molar-refractivity contribution in [3.8, 4) is 11.1 Å². The number of imide groups is 1. The van der Waals surface area contributed by atoms with E-state index in [0.29, 0.717) is 62.0 Å². The van der Waals surface area contributed by atoms with Crippen LogP contribution >= 0.6 is 11.8 Å². The molecule has 9 rings (SSSR count). The third-order valence-electron chi connectivity index (χ3n) is 13.3. The first-order valence-corrected chi connectivity index (χ1v) is 25.0. The van der Waals surface area contributed by atoms with Crippen LogP contribution in [0.3, 0.4) is 0 Å². The Bertz CT molecular complexity index is 2820. The number of hydrogen-bond donors (Lipinski definition) is 4. The number of sulfonamides is 1. The number of carbonyl (C=O) groups is 4. The van der Waals surface area contributed by atoms with Crippen molar-refractivity contribution in [1.29, 1.82) is 0 Å². The molecule has 5 aromatic rings. The molecule has 12 nitrogen and oxygen atoms in total. The number of aryl methyl sites for hydroxylation is 3. The minimum Gasteiger partial charge on any atom is -0.394 e. The van der Waals surface area contributed by atoms with Gasteiger partial charge in [-0.1, -0.05) is 54.1 Å². The lowest BCUT2D eigenvalue weighted by atomic mass is 9.82. The summed E-state index contributed by atoms with van der Waals surface area (Å²) in [6.07, 6.45) is 3.65. The molecule has 0 aromatic heterocycles. The number of hydrogen-bond acceptors (Lipinski definition) is 9. The van der Waals surface area contributed by atoms with Crippen LogP contribution < -0.4 is 16.0 Å². The highest BCUT2D eigenvalue weighted by atomic mass is 32.2. The van der Waals surface area contributed by atoms with Crippen molar-refractivity contribution in [3.05, 3.63) is 142 Å². The zero-order chi connectivity index (χ0) is 46.1. The summed E-state index contributed by atoms with van der Waals surface area (Å²) in [6.45, 7) is 2.46. The molecule has 5 aromatic carbocycles. The first kappa shape index (κ1) is 45.3. The fourth-order valence-electron chi connectivity index (χ4n) is 9.85. The highest BCUT2D eigenvalue weighted by molar-refractivity contribution is 7.99. The first-order chi connectivity index (χ1) is 31.9. The van der Waals surface area contributed by atoms with E-state index in [9.17, 15) is 32.7 Å². The van der Waals surface area contributed by atoms with Crippen LogP contribution in [0.25, 0.3) is 11.1 Å². The van der Waals surface area contributed by atoms with Crippen LogP contribution in [0.4, 0.5) is 15.8 Å². The Kier molecular flexibility index (Phi) is 13.1. The van der Waals surface area contributed by atoms with E-state index in [4.69, 9.17) is 0 Å². The number of nitrogens with one attached hydrogen (secondary N) is 3. The van der Waals surface area contributed by atoms with Crippen LogP contribution in [0.15, 0.2) is 113 Å². The molecule has 0 radical (unpaired) electrons. The second kappa shape index (κ2) is 19.2. The fraction of sp³-hybridized carbons (Fsp3) is 0.333. The van der Waals surface area contributed by atoms with Gasteiger partial charge in [0, 0.05) is 53.7 Å². The zero-order valence-electron chi connectivity index (χ0n) is 36.6. The number of halogens is 1. The second-order valence-corrected chi connectivity index (χ2v) is 20.6. The van der Waals surface area contributed by atoms with E-state index in [1.54, 1.807) is 63.4 Å². The molecular weight excluding hydrogens is 878 g/mol. The van der Waals surface area contributed by atoms with Gasteiger partial charge in [-0.25, -0.2) is 12.8 Å². The number of thioether (sulfide) groups is 1. The SMILES string of the molecule is Cc1ccc(S(=O)(=O)N2CC[C@@H]3[C@H](CO)Nc4ccc(-c5cccc(NC(=O)CCCc6ccc(CCCSc7cccc8c7CN(C7CCC(=O)NC7=O)C8=O)cc6F)c5)cc4[C@@H]32)cc1. The molecule has 0 spiro atoms. The molecule has 0 saturated carbocycles. The Morgan fingerprint density at radius 2 is 1.71 bits per heavy atom. The van der Waals surface area contributed by atoms with Crippen LogP contribution in [0.1, 0.15) is 82.7 Å². The number of benzene rings is 5. The Labute approximate surface area is 388 Å². The molecule has 4 N–H and O–H groups in total. The summed E-state index contributed by atoms with van der Waals surface area (Å²) >= 11 is 1.63. The Morgan fingerprint density at radius 3 is 2.50 bits per heavy atom. The van der Waals surface area contributed by atoms with E-state index < -0.39 is 28.0 Å². The van der Waals surface area contributed by atoms with E-state index in [2.05, 4.69) is 16.0 Å². The van der Waals surface area contributed by atoms with Crippen LogP contribution in [0.5, 0.6) is 0 Å². The number of rotatable bonds is 15. The normalized spacial score (nSPS) is 20.3. The summed E-state index contributed by atoms with van der Waals surface area (Å²) in [5.41, 5.74) is 7.83. The fourth-order valence-corrected chi connectivity index (χ4v) is 12.6. The number of amides is 4. The molecule has 4 amide bonds. The van der Waals surface area contributed by atoms with E-state index in [1.165, 1.54) is 0 Å². The van der Waals surface area contributed by atoms with Crippen LogP contribution in [0.2, 0.25) is 0 Å². The average molecular weight is 930 g/mol. The van der Waals surface area contributed by atoms with Crippen molar-refractivity contribution in [2.45, 2.75) is 92.8 Å². The monoisotopic (exact) mass is 929 g/mol. The summed E-state index contributed by atoms with van der Waals surface area (Å²) in [5, 5.41) is 19.1. The number of fused-ring (bicyclic) bond motifs is 4. The highest BCUT2D eigenvalue weighted by Crippen LogP contribution is 2.49. The third kappa shape index (κ3) is 9.26. The quantitative estimate of drug-likeness (QED) is 0.0466. The van der Waals surface area contributed by atoms with Gasteiger partial charge in [0.1, 0.15) is 11.9 Å². The van der Waals surface area contributed by atoms with Crippen LogP contribution in [-0.4, -0.2) is 77.3 Å². The molecule has 4 aliphatic rings. The molecular formula is C51H52FN5O7S2. The van der Waals surface area contributed by atoms with E-state index >= 15 is 4.39 Å². The van der Waals surface area contributed by atoms with Crippen molar-refractivity contribution in [1.82, 2.24) is 14.5 Å². The molecule has 0 bridgehead atoms. The number of aliphatic hydroxyl groups is 1. The number of carbonyl (C=O) groups excluding carboxylic acids is 4. The van der Waals surface area contributed by atoms with Gasteiger partial charge in [-0.15, -0.1) is 11.8 Å². The van der Waals surface area contributed by atoms with Gasteiger partial charge in [0.15, 0.2) is 0 Å². The summed E-state index contributed by atoms with van der Waals surface area (Å²) in [6, 6.07) is 29.8. The Morgan fingerprint density at radius 1 is 0.909 bits per heavy atom. The predicted octanol–water partition coefficient (Wildman–Crippen LogP) is 7.79. The number of aliphatic hydroxyl groups excluding tert-OH is 1. The number of nitrogens with zero attached hydrogens (tertiary/aromatic N) is 2. The first-order valence-electron chi connectivity index (χ1n) is 22.5. The van der Waals surface area contributed by atoms with Gasteiger partial charge in [-0.3, -0.25) is 24.5 Å². The molecule has 4 atom stereocenters. The van der Waals surface area contributed by atoms with E-state index in [0.717, 1.165) is 56.1 Å². The van der Waals surface area contributed by atoms with Crippen molar-refractivity contribution in [2.24, 2.45) is 5.92 Å². The van der Waals surface area contributed by atoms with Crippen LogP contribution in [-0.2, 0) is 43.8 Å². The lowest BCUT2D eigenvalue weighted by molar-refractivity contribution is -0.137. The van der Waals surface area contributed by atoms with Gasteiger partial charge in [0.05, 0.1) is 23.6 Å². The predicted molar refractivity (Wildman–Crippen MR) is 252 cm³/mol. The Balaban J connectivity index is 0.770. The van der Waals surface area contributed by atoms with Gasteiger partial charge >= 0.3 is 0 Å². The van der Waals surface area contributed by atoms with Gasteiger partial charge in [0.2, 0.25) is 27.7 Å². The largest absolute Gasteiger partial charge is 0.394 e. The molecule has 1 unspecified atom stereocenters. The molecule has 2 saturated heterocycles. The van der Waals surface area contributed by atoms with Crippen molar-refractivity contribution in [3.63, 3.8) is 0 Å². The maximum Gasteiger partial charge on any atom is 0.255 e. The van der Waals surface area contributed by atoms with Gasteiger partial charge < -0.3 is 20.6 Å². The molecule has 4 heterocycles. The number of anilines is 2. The lowest BCUT2D eigenvalue weighted by Gasteiger charge is -2.39. The molecule has 66 heavy (non-hydrogen) atoms. The number of piperidine rings is 1. The maximum atomic E-state index is 15.3. The van der Waals surface area contributed by atoms with Crippen molar-refractivity contribution in [2.75, 3.05) is 29.5 Å². The zero-order valence-corrected chi connectivity index (χ0v) is 38.2. The molecule has 15 heteroatoms. The topological polar surface area (TPSA) is 165 Å². The van der Waals surface area contributed by atoms with Crippen LogP contribution in [0, 0.1) is 18.7 Å². The second-order valence-electron chi connectivity index (χ2n) is 17.6. The maximum absolute atomic E-state index is 15.3. The van der Waals surface area contributed by atoms with E-state index in [-0.39, 0.29) is 59.8 Å². The molecule has 2 fully saturated rings. The van der Waals surface area contributed by atoms with Gasteiger partial charge in [-0.2, -0.15) is 4.31 Å². The molecule has 0 aliphatic carbocycles. The summed E-state index contributed by atoms with van der Waals surface area (Å²) < 4.78 is 44.9. The smallest absolute Gasteiger partial charge is 0.255 e. The van der Waals surface area contributed by atoms with E-state index in [1.807, 2.05) is 67.6 Å².